The lowest BCUT2D eigenvalue weighted by atomic mass is 10.0. The molecule has 0 unspecified atom stereocenters. The number of amides is 1. The molecule has 1 aromatic rings. The predicted molar refractivity (Wildman–Crippen MR) is 95.1 cm³/mol. The van der Waals surface area contributed by atoms with Crippen molar-refractivity contribution in [3.05, 3.63) is 35.9 Å². The highest BCUT2D eigenvalue weighted by molar-refractivity contribution is 8.01. The van der Waals surface area contributed by atoms with Gasteiger partial charge < -0.3 is 5.32 Å². The zero-order chi connectivity index (χ0) is 16.0. The van der Waals surface area contributed by atoms with E-state index in [0.717, 1.165) is 32.5 Å². The van der Waals surface area contributed by atoms with Crippen molar-refractivity contribution in [2.45, 2.75) is 50.9 Å². The van der Waals surface area contributed by atoms with E-state index in [4.69, 9.17) is 0 Å². The Bertz CT molecular complexity index is 462. The van der Waals surface area contributed by atoms with Crippen molar-refractivity contribution in [2.75, 3.05) is 18.8 Å². The topological polar surface area (TPSA) is 32.3 Å². The van der Waals surface area contributed by atoms with Crippen molar-refractivity contribution in [3.63, 3.8) is 0 Å². The van der Waals surface area contributed by atoms with Gasteiger partial charge in [-0.05, 0) is 18.4 Å². The molecule has 1 fully saturated rings. The van der Waals surface area contributed by atoms with Gasteiger partial charge >= 0.3 is 0 Å². The van der Waals surface area contributed by atoms with E-state index in [1.165, 1.54) is 5.56 Å². The molecule has 2 rings (SSSR count). The van der Waals surface area contributed by atoms with Gasteiger partial charge in [0.15, 0.2) is 0 Å². The highest BCUT2D eigenvalue weighted by Crippen LogP contribution is 2.22. The lowest BCUT2D eigenvalue weighted by Gasteiger charge is -2.32. The third-order valence-electron chi connectivity index (χ3n) is 3.84. The molecule has 1 saturated heterocycles. The van der Waals surface area contributed by atoms with Crippen LogP contribution in [0.2, 0.25) is 0 Å². The highest BCUT2D eigenvalue weighted by Gasteiger charge is 2.21. The summed E-state index contributed by atoms with van der Waals surface area (Å²) in [6, 6.07) is 10.9. The van der Waals surface area contributed by atoms with Gasteiger partial charge in [0.05, 0.1) is 5.75 Å². The van der Waals surface area contributed by atoms with Crippen LogP contribution in [0.1, 0.15) is 39.2 Å². The number of hydrogen-bond donors (Lipinski definition) is 1. The Labute approximate surface area is 138 Å². The number of thioether (sulfide) groups is 1. The molecule has 1 heterocycles. The molecule has 0 bridgehead atoms. The van der Waals surface area contributed by atoms with Crippen LogP contribution >= 0.6 is 11.8 Å². The molecule has 1 aromatic carbocycles. The smallest absolute Gasteiger partial charge is 0.230 e. The average Bonchev–Trinajstić information content (AvgIpc) is 2.48. The Kier molecular flexibility index (Phi) is 6.33. The first kappa shape index (κ1) is 17.4. The molecular formula is C18H28N2OS. The fourth-order valence-corrected chi connectivity index (χ4v) is 3.28. The number of nitrogens with zero attached hydrogens (tertiary/aromatic N) is 1. The second-order valence-corrected chi connectivity index (χ2v) is 8.81. The molecular weight excluding hydrogens is 292 g/mol. The van der Waals surface area contributed by atoms with Crippen LogP contribution in [-0.4, -0.2) is 40.4 Å². The average molecular weight is 321 g/mol. The highest BCUT2D eigenvalue weighted by atomic mass is 32.2. The Morgan fingerprint density at radius 1 is 1.23 bits per heavy atom. The van der Waals surface area contributed by atoms with E-state index in [0.29, 0.717) is 11.8 Å². The summed E-state index contributed by atoms with van der Waals surface area (Å²) in [7, 11) is 0. The van der Waals surface area contributed by atoms with Crippen molar-refractivity contribution in [1.82, 2.24) is 10.2 Å². The van der Waals surface area contributed by atoms with Gasteiger partial charge in [0, 0.05) is 30.4 Å². The first-order chi connectivity index (χ1) is 10.4. The molecule has 1 amide bonds. The number of benzene rings is 1. The van der Waals surface area contributed by atoms with Gasteiger partial charge in [-0.1, -0.05) is 51.1 Å². The zero-order valence-electron chi connectivity index (χ0n) is 14.0. The van der Waals surface area contributed by atoms with Crippen molar-refractivity contribution < 1.29 is 4.79 Å². The number of piperidine rings is 1. The minimum Gasteiger partial charge on any atom is -0.353 e. The van der Waals surface area contributed by atoms with E-state index in [9.17, 15) is 4.79 Å². The summed E-state index contributed by atoms with van der Waals surface area (Å²) in [4.78, 5) is 14.5. The predicted octanol–water partition coefficient (Wildman–Crippen LogP) is 3.30. The standard InChI is InChI=1S/C18H28N2OS/c1-18(2,3)22-14-17(21)19-16-9-11-20(12-10-16)13-15-7-5-4-6-8-15/h4-8,16H,9-14H2,1-3H3,(H,19,21). The minimum atomic E-state index is 0.149. The first-order valence-corrected chi connectivity index (χ1v) is 9.10. The lowest BCUT2D eigenvalue weighted by Crippen LogP contribution is -2.45. The minimum absolute atomic E-state index is 0.149. The van der Waals surface area contributed by atoms with Gasteiger partial charge in [0.25, 0.3) is 0 Å². The molecule has 0 aromatic heterocycles. The number of likely N-dealkylation sites (tertiary alicyclic amines) is 1. The summed E-state index contributed by atoms with van der Waals surface area (Å²) in [5.74, 6) is 0.745. The Hall–Kier alpha value is -1.00. The van der Waals surface area contributed by atoms with Crippen LogP contribution in [0.5, 0.6) is 0 Å². The van der Waals surface area contributed by atoms with Crippen LogP contribution in [0.3, 0.4) is 0 Å². The molecule has 0 spiro atoms. The lowest BCUT2D eigenvalue weighted by molar-refractivity contribution is -0.119. The maximum atomic E-state index is 12.0. The summed E-state index contributed by atoms with van der Waals surface area (Å²) in [6.45, 7) is 9.58. The largest absolute Gasteiger partial charge is 0.353 e. The second kappa shape index (κ2) is 8.02. The van der Waals surface area contributed by atoms with E-state index < -0.39 is 0 Å². The SMILES string of the molecule is CC(C)(C)SCC(=O)NC1CCN(Cc2ccccc2)CC1. The Morgan fingerprint density at radius 2 is 1.86 bits per heavy atom. The maximum absolute atomic E-state index is 12.0. The van der Waals surface area contributed by atoms with Crippen molar-refractivity contribution in [1.29, 1.82) is 0 Å². The molecule has 1 N–H and O–H groups in total. The third-order valence-corrected chi connectivity index (χ3v) is 5.11. The van der Waals surface area contributed by atoms with Crippen molar-refractivity contribution in [3.8, 4) is 0 Å². The van der Waals surface area contributed by atoms with Gasteiger partial charge in [-0.3, -0.25) is 9.69 Å². The van der Waals surface area contributed by atoms with E-state index in [-0.39, 0.29) is 10.7 Å². The summed E-state index contributed by atoms with van der Waals surface area (Å²) < 4.78 is 0.149. The van der Waals surface area contributed by atoms with Gasteiger partial charge in [0.1, 0.15) is 0 Å². The van der Waals surface area contributed by atoms with E-state index in [1.807, 2.05) is 0 Å². The number of carbonyl (C=O) groups excluding carboxylic acids is 1. The molecule has 1 aliphatic rings. The van der Waals surface area contributed by atoms with Gasteiger partial charge in [-0.2, -0.15) is 0 Å². The van der Waals surface area contributed by atoms with E-state index in [1.54, 1.807) is 11.8 Å². The summed E-state index contributed by atoms with van der Waals surface area (Å²) in [5.41, 5.74) is 1.37. The fourth-order valence-electron chi connectivity index (χ4n) is 2.63. The summed E-state index contributed by atoms with van der Waals surface area (Å²) >= 11 is 1.71. The second-order valence-electron chi connectivity index (χ2n) is 7.00. The van der Waals surface area contributed by atoms with Crippen LogP contribution in [0.25, 0.3) is 0 Å². The number of nitrogens with one attached hydrogen (secondary N) is 1. The number of carbonyl (C=O) groups is 1. The molecule has 0 radical (unpaired) electrons. The van der Waals surface area contributed by atoms with Crippen molar-refractivity contribution >= 4 is 17.7 Å². The molecule has 122 valence electrons. The van der Waals surface area contributed by atoms with Crippen LogP contribution in [0.15, 0.2) is 30.3 Å². The molecule has 0 aliphatic carbocycles. The first-order valence-electron chi connectivity index (χ1n) is 8.12. The van der Waals surface area contributed by atoms with Gasteiger partial charge in [-0.25, -0.2) is 0 Å². The van der Waals surface area contributed by atoms with E-state index in [2.05, 4.69) is 61.3 Å². The monoisotopic (exact) mass is 320 g/mol. The summed E-state index contributed by atoms with van der Waals surface area (Å²) in [6.07, 6.45) is 2.11. The molecule has 22 heavy (non-hydrogen) atoms. The van der Waals surface area contributed by atoms with Crippen molar-refractivity contribution in [2.24, 2.45) is 0 Å². The quantitative estimate of drug-likeness (QED) is 0.903. The van der Waals surface area contributed by atoms with Crippen LogP contribution in [0, 0.1) is 0 Å². The molecule has 0 atom stereocenters. The van der Waals surface area contributed by atoms with Gasteiger partial charge in [0.2, 0.25) is 5.91 Å². The zero-order valence-corrected chi connectivity index (χ0v) is 14.8. The molecule has 0 saturated carbocycles. The Balaban J connectivity index is 1.68. The molecule has 4 heteroatoms. The van der Waals surface area contributed by atoms with Gasteiger partial charge in [-0.15, -0.1) is 11.8 Å². The fraction of sp³-hybridized carbons (Fsp3) is 0.611. The van der Waals surface area contributed by atoms with Crippen LogP contribution in [0.4, 0.5) is 0 Å². The van der Waals surface area contributed by atoms with Crippen LogP contribution in [-0.2, 0) is 11.3 Å². The number of rotatable bonds is 5. The maximum Gasteiger partial charge on any atom is 0.230 e. The molecule has 3 nitrogen and oxygen atoms in total. The molecule has 1 aliphatic heterocycles. The van der Waals surface area contributed by atoms with Crippen LogP contribution < -0.4 is 5.32 Å². The number of hydrogen-bond acceptors (Lipinski definition) is 3. The van der Waals surface area contributed by atoms with E-state index >= 15 is 0 Å². The third kappa shape index (κ3) is 6.41. The normalized spacial score (nSPS) is 17.4. The Morgan fingerprint density at radius 3 is 2.45 bits per heavy atom. The summed E-state index contributed by atoms with van der Waals surface area (Å²) in [5, 5.41) is 3.19.